The maximum atomic E-state index is 11.2. The zero-order valence-electron chi connectivity index (χ0n) is 11.2. The summed E-state index contributed by atoms with van der Waals surface area (Å²) in [6.45, 7) is 2.72. The number of carboxylic acids is 1. The van der Waals surface area contributed by atoms with Crippen molar-refractivity contribution in [3.8, 4) is 0 Å². The number of benzene rings is 1. The van der Waals surface area contributed by atoms with Gasteiger partial charge in [-0.2, -0.15) is 0 Å². The van der Waals surface area contributed by atoms with Crippen molar-refractivity contribution in [2.45, 2.75) is 18.6 Å². The van der Waals surface area contributed by atoms with Crippen molar-refractivity contribution in [3.63, 3.8) is 0 Å². The smallest absolute Gasteiger partial charge is 0.337 e. The number of carbonyl (C=O) groups is 1. The molecule has 2 heterocycles. The van der Waals surface area contributed by atoms with Gasteiger partial charge in [-0.25, -0.2) is 4.79 Å². The summed E-state index contributed by atoms with van der Waals surface area (Å²) in [6.07, 6.45) is 1.83. The van der Waals surface area contributed by atoms with Gasteiger partial charge < -0.3 is 25.2 Å². The van der Waals surface area contributed by atoms with Gasteiger partial charge >= 0.3 is 5.97 Å². The van der Waals surface area contributed by atoms with Gasteiger partial charge in [-0.05, 0) is 24.6 Å². The van der Waals surface area contributed by atoms with Gasteiger partial charge in [-0.3, -0.25) is 0 Å². The highest BCUT2D eigenvalue weighted by molar-refractivity contribution is 5.94. The zero-order chi connectivity index (χ0) is 14.2. The maximum Gasteiger partial charge on any atom is 0.337 e. The average Bonchev–Trinajstić information content (AvgIpc) is 2.87. The van der Waals surface area contributed by atoms with E-state index in [9.17, 15) is 4.79 Å². The lowest BCUT2D eigenvalue weighted by molar-refractivity contribution is -0.161. The van der Waals surface area contributed by atoms with Crippen LogP contribution in [0.1, 0.15) is 23.2 Å². The minimum Gasteiger partial charge on any atom is -0.478 e. The highest BCUT2D eigenvalue weighted by Gasteiger charge is 2.40. The Hall–Kier alpha value is -1.79. The van der Waals surface area contributed by atoms with Crippen LogP contribution in [0.4, 0.5) is 11.4 Å². The van der Waals surface area contributed by atoms with Crippen molar-refractivity contribution >= 4 is 17.3 Å². The van der Waals surface area contributed by atoms with Crippen LogP contribution in [-0.4, -0.2) is 43.2 Å². The van der Waals surface area contributed by atoms with E-state index >= 15 is 0 Å². The lowest BCUT2D eigenvalue weighted by Gasteiger charge is -2.39. The zero-order valence-corrected chi connectivity index (χ0v) is 11.2. The Balaban J connectivity index is 1.85. The highest BCUT2D eigenvalue weighted by Crippen LogP contribution is 2.33. The minimum atomic E-state index is -1.01. The molecule has 0 radical (unpaired) electrons. The molecule has 2 aliphatic heterocycles. The lowest BCUT2D eigenvalue weighted by atomic mass is 10.0. The van der Waals surface area contributed by atoms with Crippen LogP contribution in [0.3, 0.4) is 0 Å². The number of aromatic carboxylic acids is 1. The van der Waals surface area contributed by atoms with Crippen molar-refractivity contribution in [1.82, 2.24) is 0 Å². The predicted molar refractivity (Wildman–Crippen MR) is 73.9 cm³/mol. The monoisotopic (exact) mass is 278 g/mol. The van der Waals surface area contributed by atoms with E-state index in [1.807, 2.05) is 6.07 Å². The molecule has 1 aromatic carbocycles. The van der Waals surface area contributed by atoms with Gasteiger partial charge in [0.2, 0.25) is 0 Å². The van der Waals surface area contributed by atoms with Gasteiger partial charge in [0.15, 0.2) is 5.79 Å². The van der Waals surface area contributed by atoms with Gasteiger partial charge in [0.05, 0.1) is 25.3 Å². The number of piperidine rings is 1. The highest BCUT2D eigenvalue weighted by atomic mass is 16.7. The normalized spacial score (nSPS) is 21.3. The Labute approximate surface area is 117 Å². The first-order valence-electron chi connectivity index (χ1n) is 6.75. The number of nitrogen functional groups attached to an aromatic ring is 1. The SMILES string of the molecule is Nc1ccc(N2CCCC3(C2)OCCO3)cc1C(=O)O. The lowest BCUT2D eigenvalue weighted by Crippen LogP contribution is -2.49. The summed E-state index contributed by atoms with van der Waals surface area (Å²) in [5, 5.41) is 9.15. The number of anilines is 2. The topological polar surface area (TPSA) is 85.0 Å². The van der Waals surface area contributed by atoms with E-state index < -0.39 is 11.8 Å². The number of carboxylic acid groups (broad SMARTS) is 1. The number of rotatable bonds is 2. The quantitative estimate of drug-likeness (QED) is 0.793. The predicted octanol–water partition coefficient (Wildman–Crippen LogP) is 1.31. The largest absolute Gasteiger partial charge is 0.478 e. The molecule has 1 aromatic rings. The molecule has 3 rings (SSSR count). The first-order chi connectivity index (χ1) is 9.60. The van der Waals surface area contributed by atoms with Gasteiger partial charge in [-0.1, -0.05) is 0 Å². The molecule has 6 heteroatoms. The molecule has 20 heavy (non-hydrogen) atoms. The standard InChI is InChI=1S/C14H18N2O4/c15-12-3-2-10(8-11(12)13(17)18)16-5-1-4-14(9-16)19-6-7-20-14/h2-3,8H,1,4-7,9,15H2,(H,17,18). The summed E-state index contributed by atoms with van der Waals surface area (Å²) >= 11 is 0. The van der Waals surface area contributed by atoms with E-state index in [1.54, 1.807) is 12.1 Å². The molecule has 0 aromatic heterocycles. The molecular formula is C14H18N2O4. The number of nitrogens with zero attached hydrogens (tertiary/aromatic N) is 1. The third-order valence-electron chi connectivity index (χ3n) is 3.86. The molecule has 3 N–H and O–H groups in total. The summed E-state index contributed by atoms with van der Waals surface area (Å²) in [6, 6.07) is 5.10. The van der Waals surface area contributed by atoms with E-state index in [1.165, 1.54) is 0 Å². The molecule has 0 amide bonds. The fraction of sp³-hybridized carbons (Fsp3) is 0.500. The second kappa shape index (κ2) is 4.96. The van der Waals surface area contributed by atoms with Crippen LogP contribution >= 0.6 is 0 Å². The van der Waals surface area contributed by atoms with Crippen molar-refractivity contribution in [2.24, 2.45) is 0 Å². The van der Waals surface area contributed by atoms with Crippen molar-refractivity contribution in [2.75, 3.05) is 36.9 Å². The van der Waals surface area contributed by atoms with E-state index in [0.29, 0.717) is 19.8 Å². The third kappa shape index (κ3) is 2.32. The van der Waals surface area contributed by atoms with Crippen molar-refractivity contribution in [3.05, 3.63) is 23.8 Å². The number of hydrogen-bond donors (Lipinski definition) is 2. The summed E-state index contributed by atoms with van der Waals surface area (Å²) in [5.41, 5.74) is 6.94. The van der Waals surface area contributed by atoms with Crippen LogP contribution in [0.5, 0.6) is 0 Å². The number of nitrogens with two attached hydrogens (primary N) is 1. The maximum absolute atomic E-state index is 11.2. The van der Waals surface area contributed by atoms with Gasteiger partial charge in [0.25, 0.3) is 0 Å². The molecule has 2 aliphatic rings. The molecule has 0 saturated carbocycles. The van der Waals surface area contributed by atoms with Crippen LogP contribution in [0, 0.1) is 0 Å². The van der Waals surface area contributed by atoms with Gasteiger partial charge in [0.1, 0.15) is 0 Å². The fourth-order valence-corrected chi connectivity index (χ4v) is 2.87. The molecule has 0 atom stereocenters. The summed E-state index contributed by atoms with van der Waals surface area (Å²) in [4.78, 5) is 13.3. The first-order valence-corrected chi connectivity index (χ1v) is 6.75. The van der Waals surface area contributed by atoms with E-state index in [0.717, 1.165) is 25.1 Å². The van der Waals surface area contributed by atoms with E-state index in [-0.39, 0.29) is 11.3 Å². The van der Waals surface area contributed by atoms with Crippen LogP contribution < -0.4 is 10.6 Å². The summed E-state index contributed by atoms with van der Waals surface area (Å²) in [7, 11) is 0. The minimum absolute atomic E-state index is 0.135. The Morgan fingerprint density at radius 1 is 1.35 bits per heavy atom. The Bertz CT molecular complexity index is 526. The first kappa shape index (κ1) is 13.2. The Kier molecular flexibility index (Phi) is 3.27. The molecule has 2 fully saturated rings. The van der Waals surface area contributed by atoms with Crippen LogP contribution in [0.2, 0.25) is 0 Å². The molecule has 6 nitrogen and oxygen atoms in total. The van der Waals surface area contributed by atoms with Crippen LogP contribution in [0.25, 0.3) is 0 Å². The molecule has 108 valence electrons. The number of ether oxygens (including phenoxy) is 2. The van der Waals surface area contributed by atoms with E-state index in [4.69, 9.17) is 20.3 Å². The molecule has 0 bridgehead atoms. The molecular weight excluding hydrogens is 260 g/mol. The fourth-order valence-electron chi connectivity index (χ4n) is 2.87. The average molecular weight is 278 g/mol. The second-order valence-corrected chi connectivity index (χ2v) is 5.21. The molecule has 1 spiro atoms. The third-order valence-corrected chi connectivity index (χ3v) is 3.86. The van der Waals surface area contributed by atoms with Crippen LogP contribution in [-0.2, 0) is 9.47 Å². The molecule has 0 unspecified atom stereocenters. The molecule has 2 saturated heterocycles. The summed E-state index contributed by atoms with van der Waals surface area (Å²) in [5.74, 6) is -1.53. The number of hydrogen-bond acceptors (Lipinski definition) is 5. The van der Waals surface area contributed by atoms with Crippen LogP contribution in [0.15, 0.2) is 18.2 Å². The molecule has 0 aliphatic carbocycles. The van der Waals surface area contributed by atoms with E-state index in [2.05, 4.69) is 4.90 Å². The van der Waals surface area contributed by atoms with Gasteiger partial charge in [0, 0.05) is 24.3 Å². The van der Waals surface area contributed by atoms with Crippen molar-refractivity contribution < 1.29 is 19.4 Å². The Morgan fingerprint density at radius 3 is 2.80 bits per heavy atom. The van der Waals surface area contributed by atoms with Crippen molar-refractivity contribution in [1.29, 1.82) is 0 Å². The van der Waals surface area contributed by atoms with Gasteiger partial charge in [-0.15, -0.1) is 0 Å². The summed E-state index contributed by atoms with van der Waals surface area (Å²) < 4.78 is 11.5. The Morgan fingerprint density at radius 2 is 2.10 bits per heavy atom. The second-order valence-electron chi connectivity index (χ2n) is 5.21.